The fraction of sp³-hybridized carbons (Fsp3) is 0.455. The Hall–Kier alpha value is -1.09. The van der Waals surface area contributed by atoms with Crippen LogP contribution in [0.3, 0.4) is 0 Å². The van der Waals surface area contributed by atoms with E-state index in [9.17, 15) is 4.39 Å². The highest BCUT2D eigenvalue weighted by Crippen LogP contribution is 2.40. The van der Waals surface area contributed by atoms with Gasteiger partial charge in [0.15, 0.2) is 0 Å². The lowest BCUT2D eigenvalue weighted by Gasteiger charge is -2.21. The molecule has 0 aliphatic carbocycles. The summed E-state index contributed by atoms with van der Waals surface area (Å²) in [4.78, 5) is 0. The van der Waals surface area contributed by atoms with Gasteiger partial charge in [-0.1, -0.05) is 0 Å². The third kappa shape index (κ3) is 0.989. The average molecular weight is 192 g/mol. The highest BCUT2D eigenvalue weighted by atomic mass is 19.1. The number of halogens is 1. The van der Waals surface area contributed by atoms with Gasteiger partial charge < -0.3 is 10.6 Å². The molecule has 0 amide bonds. The largest absolute Gasteiger partial charge is 0.384 e. The summed E-state index contributed by atoms with van der Waals surface area (Å²) in [6.07, 6.45) is 1.11. The van der Waals surface area contributed by atoms with Crippen molar-refractivity contribution in [1.29, 1.82) is 0 Å². The van der Waals surface area contributed by atoms with Gasteiger partial charge in [-0.05, 0) is 36.7 Å². The summed E-state index contributed by atoms with van der Waals surface area (Å²) < 4.78 is 13.2. The monoisotopic (exact) mass is 192 g/mol. The molecule has 0 bridgehead atoms. The van der Waals surface area contributed by atoms with Gasteiger partial charge in [0, 0.05) is 24.2 Å². The van der Waals surface area contributed by atoms with E-state index in [1.165, 1.54) is 6.07 Å². The van der Waals surface area contributed by atoms with Gasteiger partial charge in [0.25, 0.3) is 0 Å². The zero-order valence-corrected chi connectivity index (χ0v) is 7.94. The lowest BCUT2D eigenvalue weighted by atomic mass is 9.82. The minimum atomic E-state index is -0.126. The van der Waals surface area contributed by atoms with Crippen molar-refractivity contribution in [2.75, 3.05) is 25.0 Å². The minimum absolute atomic E-state index is 0.126. The molecular formula is C11H13FN2. The van der Waals surface area contributed by atoms with Crippen LogP contribution in [0.1, 0.15) is 12.0 Å². The Labute approximate surface area is 82.5 Å². The predicted molar refractivity (Wildman–Crippen MR) is 54.1 cm³/mol. The normalized spacial score (nSPS) is 29.2. The van der Waals surface area contributed by atoms with Crippen molar-refractivity contribution in [1.82, 2.24) is 5.32 Å². The first-order valence-corrected chi connectivity index (χ1v) is 5.05. The standard InChI is InChI=1S/C11H13FN2/c12-8-1-2-10-9(5-8)11(7-14-10)3-4-13-6-11/h1-2,5,13-14H,3-4,6-7H2/t11-/m0/s1. The summed E-state index contributed by atoms with van der Waals surface area (Å²) in [6, 6.07) is 5.05. The molecule has 14 heavy (non-hydrogen) atoms. The van der Waals surface area contributed by atoms with Crippen LogP contribution >= 0.6 is 0 Å². The molecule has 1 saturated heterocycles. The highest BCUT2D eigenvalue weighted by molar-refractivity contribution is 5.61. The van der Waals surface area contributed by atoms with Crippen LogP contribution in [-0.2, 0) is 5.41 Å². The number of fused-ring (bicyclic) bond motifs is 2. The average Bonchev–Trinajstić information content (AvgIpc) is 2.77. The SMILES string of the molecule is Fc1ccc2c(c1)[C@]1(CCNC1)CN2. The Morgan fingerprint density at radius 1 is 1.29 bits per heavy atom. The maximum Gasteiger partial charge on any atom is 0.123 e. The molecule has 2 heterocycles. The first-order chi connectivity index (χ1) is 6.80. The molecule has 3 heteroatoms. The van der Waals surface area contributed by atoms with Crippen LogP contribution < -0.4 is 10.6 Å². The number of rotatable bonds is 0. The van der Waals surface area contributed by atoms with Crippen molar-refractivity contribution in [2.45, 2.75) is 11.8 Å². The molecule has 1 spiro atoms. The molecular weight excluding hydrogens is 179 g/mol. The van der Waals surface area contributed by atoms with E-state index in [4.69, 9.17) is 0 Å². The van der Waals surface area contributed by atoms with Crippen LogP contribution in [0.2, 0.25) is 0 Å². The molecule has 1 atom stereocenters. The zero-order chi connectivity index (χ0) is 9.60. The van der Waals surface area contributed by atoms with Gasteiger partial charge in [-0.15, -0.1) is 0 Å². The Balaban J connectivity index is 2.12. The number of anilines is 1. The number of nitrogens with one attached hydrogen (secondary N) is 2. The van der Waals surface area contributed by atoms with E-state index in [-0.39, 0.29) is 11.2 Å². The van der Waals surface area contributed by atoms with E-state index in [0.29, 0.717) is 0 Å². The van der Waals surface area contributed by atoms with E-state index in [2.05, 4.69) is 10.6 Å². The Morgan fingerprint density at radius 2 is 2.21 bits per heavy atom. The van der Waals surface area contributed by atoms with Gasteiger partial charge in [0.05, 0.1) is 0 Å². The Bertz CT molecular complexity index is 370. The minimum Gasteiger partial charge on any atom is -0.384 e. The van der Waals surface area contributed by atoms with Crippen LogP contribution in [0.5, 0.6) is 0 Å². The first kappa shape index (κ1) is 8.24. The number of benzene rings is 1. The summed E-state index contributed by atoms with van der Waals surface area (Å²) >= 11 is 0. The van der Waals surface area contributed by atoms with Crippen LogP contribution in [-0.4, -0.2) is 19.6 Å². The van der Waals surface area contributed by atoms with Crippen LogP contribution in [0.15, 0.2) is 18.2 Å². The van der Waals surface area contributed by atoms with Crippen LogP contribution in [0, 0.1) is 5.82 Å². The highest BCUT2D eigenvalue weighted by Gasteiger charge is 2.41. The Kier molecular flexibility index (Phi) is 1.59. The molecule has 2 aliphatic heterocycles. The molecule has 3 rings (SSSR count). The molecule has 2 N–H and O–H groups in total. The van der Waals surface area contributed by atoms with Crippen LogP contribution in [0.25, 0.3) is 0 Å². The number of hydrogen-bond donors (Lipinski definition) is 2. The lowest BCUT2D eigenvalue weighted by molar-refractivity contribution is 0.517. The van der Waals surface area contributed by atoms with Crippen molar-refractivity contribution in [3.8, 4) is 0 Å². The molecule has 74 valence electrons. The smallest absolute Gasteiger partial charge is 0.123 e. The van der Waals surface area contributed by atoms with Gasteiger partial charge in [0.1, 0.15) is 5.82 Å². The summed E-state index contributed by atoms with van der Waals surface area (Å²) in [6.45, 7) is 2.95. The predicted octanol–water partition coefficient (Wildman–Crippen LogP) is 1.48. The summed E-state index contributed by atoms with van der Waals surface area (Å²) in [5.74, 6) is -0.126. The second-order valence-electron chi connectivity index (χ2n) is 4.25. The van der Waals surface area contributed by atoms with Crippen molar-refractivity contribution >= 4 is 5.69 Å². The maximum atomic E-state index is 13.2. The third-order valence-corrected chi connectivity index (χ3v) is 3.41. The number of hydrogen-bond acceptors (Lipinski definition) is 2. The second kappa shape index (κ2) is 2.70. The first-order valence-electron chi connectivity index (χ1n) is 5.05. The molecule has 2 aliphatic rings. The lowest BCUT2D eigenvalue weighted by Crippen LogP contribution is -2.30. The summed E-state index contributed by atoms with van der Waals surface area (Å²) in [7, 11) is 0. The molecule has 0 radical (unpaired) electrons. The van der Waals surface area contributed by atoms with Crippen molar-refractivity contribution in [2.24, 2.45) is 0 Å². The van der Waals surface area contributed by atoms with Crippen molar-refractivity contribution in [3.05, 3.63) is 29.6 Å². The maximum absolute atomic E-state index is 13.2. The fourth-order valence-electron chi connectivity index (χ4n) is 2.59. The van der Waals surface area contributed by atoms with E-state index in [0.717, 1.165) is 37.3 Å². The van der Waals surface area contributed by atoms with E-state index >= 15 is 0 Å². The van der Waals surface area contributed by atoms with Crippen LogP contribution in [0.4, 0.5) is 10.1 Å². The van der Waals surface area contributed by atoms with Gasteiger partial charge in [-0.3, -0.25) is 0 Å². The topological polar surface area (TPSA) is 24.1 Å². The molecule has 1 fully saturated rings. The molecule has 1 aromatic carbocycles. The molecule has 2 nitrogen and oxygen atoms in total. The molecule has 1 aromatic rings. The second-order valence-corrected chi connectivity index (χ2v) is 4.25. The van der Waals surface area contributed by atoms with Gasteiger partial charge >= 0.3 is 0 Å². The molecule has 0 saturated carbocycles. The van der Waals surface area contributed by atoms with Crippen molar-refractivity contribution in [3.63, 3.8) is 0 Å². The quantitative estimate of drug-likeness (QED) is 0.650. The third-order valence-electron chi connectivity index (χ3n) is 3.41. The molecule has 0 unspecified atom stereocenters. The van der Waals surface area contributed by atoms with E-state index < -0.39 is 0 Å². The van der Waals surface area contributed by atoms with Gasteiger partial charge in [0.2, 0.25) is 0 Å². The zero-order valence-electron chi connectivity index (χ0n) is 7.94. The fourth-order valence-corrected chi connectivity index (χ4v) is 2.59. The van der Waals surface area contributed by atoms with E-state index in [1.54, 1.807) is 6.07 Å². The summed E-state index contributed by atoms with van der Waals surface area (Å²) in [5, 5.41) is 6.71. The van der Waals surface area contributed by atoms with Crippen molar-refractivity contribution < 1.29 is 4.39 Å². The van der Waals surface area contributed by atoms with Gasteiger partial charge in [-0.2, -0.15) is 0 Å². The van der Waals surface area contributed by atoms with E-state index in [1.807, 2.05) is 6.07 Å². The summed E-state index contributed by atoms with van der Waals surface area (Å²) in [5.41, 5.74) is 2.41. The van der Waals surface area contributed by atoms with Gasteiger partial charge in [-0.25, -0.2) is 4.39 Å². The molecule has 0 aromatic heterocycles. The Morgan fingerprint density at radius 3 is 3.00 bits per heavy atom.